The Bertz CT molecular complexity index is 682. The summed E-state index contributed by atoms with van der Waals surface area (Å²) in [6, 6.07) is 7.50. The third-order valence-electron chi connectivity index (χ3n) is 3.75. The highest BCUT2D eigenvalue weighted by atomic mass is 32.1. The van der Waals surface area contributed by atoms with Crippen molar-refractivity contribution in [3.8, 4) is 0 Å². The fraction of sp³-hybridized carbons (Fsp3) is 0.294. The van der Waals surface area contributed by atoms with Crippen LogP contribution in [0.25, 0.3) is 5.57 Å². The minimum atomic E-state index is -0.766. The van der Waals surface area contributed by atoms with E-state index in [0.717, 1.165) is 10.5 Å². The van der Waals surface area contributed by atoms with Gasteiger partial charge in [0.2, 0.25) is 0 Å². The third-order valence-corrected chi connectivity index (χ3v) is 4.76. The number of esters is 1. The zero-order valence-electron chi connectivity index (χ0n) is 12.2. The van der Waals surface area contributed by atoms with Crippen molar-refractivity contribution in [1.82, 2.24) is 0 Å². The van der Waals surface area contributed by atoms with Crippen molar-refractivity contribution in [2.24, 2.45) is 5.92 Å². The number of carbonyl (C=O) groups excluding carboxylic acids is 2. The number of allylic oxidation sites excluding steroid dienone is 2. The van der Waals surface area contributed by atoms with Crippen molar-refractivity contribution in [3.05, 3.63) is 52.6 Å². The molecule has 3 rings (SSSR count). The minimum absolute atomic E-state index is 0.198. The Morgan fingerprint density at radius 3 is 2.91 bits per heavy atom. The van der Waals surface area contributed by atoms with Crippen LogP contribution in [0, 0.1) is 5.92 Å². The van der Waals surface area contributed by atoms with Gasteiger partial charge in [0.15, 0.2) is 5.78 Å². The Kier molecular flexibility index (Phi) is 4.24. The normalized spacial score (nSPS) is 21.5. The molecule has 114 valence electrons. The van der Waals surface area contributed by atoms with E-state index in [1.807, 2.05) is 23.6 Å². The number of carbonyl (C=O) groups is 2. The van der Waals surface area contributed by atoms with Gasteiger partial charge >= 0.3 is 5.97 Å². The number of furan rings is 1. The fourth-order valence-electron chi connectivity index (χ4n) is 2.79. The van der Waals surface area contributed by atoms with Gasteiger partial charge in [-0.15, -0.1) is 11.3 Å². The molecule has 1 aliphatic rings. The number of thiophene rings is 1. The Hall–Kier alpha value is -2.14. The van der Waals surface area contributed by atoms with Crippen LogP contribution >= 0.6 is 11.3 Å². The SMILES string of the molecule is CCOC(=O)C1C(=O)C=C(c2ccco2)CC1c1cccs1. The van der Waals surface area contributed by atoms with Crippen LogP contribution in [0.15, 0.2) is 46.4 Å². The summed E-state index contributed by atoms with van der Waals surface area (Å²) in [6.07, 6.45) is 3.69. The molecule has 22 heavy (non-hydrogen) atoms. The average Bonchev–Trinajstić information content (AvgIpc) is 3.20. The summed E-state index contributed by atoms with van der Waals surface area (Å²) in [5.41, 5.74) is 0.828. The van der Waals surface area contributed by atoms with Crippen LogP contribution in [0.5, 0.6) is 0 Å². The summed E-state index contributed by atoms with van der Waals surface area (Å²) < 4.78 is 10.5. The monoisotopic (exact) mass is 316 g/mol. The van der Waals surface area contributed by atoms with Crippen molar-refractivity contribution in [3.63, 3.8) is 0 Å². The van der Waals surface area contributed by atoms with E-state index in [0.29, 0.717) is 12.2 Å². The molecule has 0 spiro atoms. The van der Waals surface area contributed by atoms with Gasteiger partial charge in [0.1, 0.15) is 11.7 Å². The number of ether oxygens (including phenoxy) is 1. The van der Waals surface area contributed by atoms with E-state index < -0.39 is 11.9 Å². The zero-order chi connectivity index (χ0) is 15.5. The Morgan fingerprint density at radius 1 is 1.41 bits per heavy atom. The first-order valence-electron chi connectivity index (χ1n) is 7.19. The van der Waals surface area contributed by atoms with Gasteiger partial charge < -0.3 is 9.15 Å². The molecule has 0 bridgehead atoms. The summed E-state index contributed by atoms with van der Waals surface area (Å²) in [7, 11) is 0. The second-order valence-electron chi connectivity index (χ2n) is 5.11. The van der Waals surface area contributed by atoms with Gasteiger partial charge in [-0.1, -0.05) is 6.07 Å². The van der Waals surface area contributed by atoms with Crippen LogP contribution < -0.4 is 0 Å². The van der Waals surface area contributed by atoms with Gasteiger partial charge in [-0.25, -0.2) is 0 Å². The Morgan fingerprint density at radius 2 is 2.27 bits per heavy atom. The van der Waals surface area contributed by atoms with Gasteiger partial charge in [-0.2, -0.15) is 0 Å². The van der Waals surface area contributed by atoms with Crippen LogP contribution in [-0.2, 0) is 14.3 Å². The smallest absolute Gasteiger partial charge is 0.317 e. The summed E-state index contributed by atoms with van der Waals surface area (Å²) in [5, 5.41) is 1.95. The van der Waals surface area contributed by atoms with Gasteiger partial charge in [0.25, 0.3) is 0 Å². The van der Waals surface area contributed by atoms with Crippen molar-refractivity contribution in [2.75, 3.05) is 6.61 Å². The molecule has 0 aromatic carbocycles. The minimum Gasteiger partial charge on any atom is -0.465 e. The van der Waals surface area contributed by atoms with E-state index in [-0.39, 0.29) is 18.3 Å². The molecular formula is C17H16O4S. The molecule has 4 nitrogen and oxygen atoms in total. The molecule has 1 aliphatic carbocycles. The number of hydrogen-bond donors (Lipinski definition) is 0. The molecule has 0 aliphatic heterocycles. The largest absolute Gasteiger partial charge is 0.465 e. The van der Waals surface area contributed by atoms with Crippen LogP contribution in [0.3, 0.4) is 0 Å². The second-order valence-corrected chi connectivity index (χ2v) is 6.08. The molecule has 2 atom stereocenters. The molecule has 0 fully saturated rings. The Balaban J connectivity index is 1.98. The van der Waals surface area contributed by atoms with Crippen molar-refractivity contribution in [1.29, 1.82) is 0 Å². The Labute approximate surface area is 132 Å². The standard InChI is InChI=1S/C17H16O4S/c1-2-20-17(19)16-12(15-6-4-8-22-15)9-11(10-13(16)18)14-5-3-7-21-14/h3-8,10,12,16H,2,9H2,1H3. The van der Waals surface area contributed by atoms with Gasteiger partial charge in [-0.05, 0) is 48.6 Å². The van der Waals surface area contributed by atoms with Gasteiger partial charge in [-0.3, -0.25) is 9.59 Å². The molecule has 2 heterocycles. The molecule has 0 amide bonds. The first kappa shape index (κ1) is 14.8. The maximum atomic E-state index is 12.5. The van der Waals surface area contributed by atoms with Crippen LogP contribution in [0.1, 0.15) is 29.9 Å². The van der Waals surface area contributed by atoms with Crippen LogP contribution in [-0.4, -0.2) is 18.4 Å². The quantitative estimate of drug-likeness (QED) is 0.638. The second kappa shape index (κ2) is 6.32. The summed E-state index contributed by atoms with van der Waals surface area (Å²) in [4.78, 5) is 25.7. The van der Waals surface area contributed by atoms with Crippen molar-refractivity contribution < 1.29 is 18.7 Å². The first-order chi connectivity index (χ1) is 10.7. The molecule has 5 heteroatoms. The molecule has 2 aromatic heterocycles. The number of ketones is 1. The van der Waals surface area contributed by atoms with Gasteiger partial charge in [0.05, 0.1) is 12.9 Å². The van der Waals surface area contributed by atoms with Crippen molar-refractivity contribution in [2.45, 2.75) is 19.3 Å². The lowest BCUT2D eigenvalue weighted by molar-refractivity contribution is -0.151. The van der Waals surface area contributed by atoms with Gasteiger partial charge in [0, 0.05) is 10.8 Å². The lowest BCUT2D eigenvalue weighted by Crippen LogP contribution is -2.33. The van der Waals surface area contributed by atoms with E-state index in [4.69, 9.17) is 9.15 Å². The molecule has 0 N–H and O–H groups in total. The molecular weight excluding hydrogens is 300 g/mol. The summed E-state index contributed by atoms with van der Waals surface area (Å²) >= 11 is 1.55. The topological polar surface area (TPSA) is 56.5 Å². The first-order valence-corrected chi connectivity index (χ1v) is 8.07. The molecule has 0 radical (unpaired) electrons. The average molecular weight is 316 g/mol. The number of hydrogen-bond acceptors (Lipinski definition) is 5. The third kappa shape index (κ3) is 2.76. The predicted molar refractivity (Wildman–Crippen MR) is 83.5 cm³/mol. The summed E-state index contributed by atoms with van der Waals surface area (Å²) in [6.45, 7) is 2.02. The van der Waals surface area contributed by atoms with Crippen LogP contribution in [0.2, 0.25) is 0 Å². The van der Waals surface area contributed by atoms with Crippen molar-refractivity contribution >= 4 is 28.7 Å². The lowest BCUT2D eigenvalue weighted by atomic mass is 9.77. The highest BCUT2D eigenvalue weighted by Crippen LogP contribution is 2.41. The predicted octanol–water partition coefficient (Wildman–Crippen LogP) is 3.66. The maximum Gasteiger partial charge on any atom is 0.317 e. The van der Waals surface area contributed by atoms with E-state index in [9.17, 15) is 9.59 Å². The molecule has 2 aromatic rings. The fourth-order valence-corrected chi connectivity index (χ4v) is 3.65. The van der Waals surface area contributed by atoms with E-state index >= 15 is 0 Å². The van der Waals surface area contributed by atoms with E-state index in [1.54, 1.807) is 30.6 Å². The highest BCUT2D eigenvalue weighted by molar-refractivity contribution is 7.10. The summed E-state index contributed by atoms with van der Waals surface area (Å²) in [5.74, 6) is -0.943. The maximum absolute atomic E-state index is 12.5. The zero-order valence-corrected chi connectivity index (χ0v) is 13.0. The molecule has 2 unspecified atom stereocenters. The lowest BCUT2D eigenvalue weighted by Gasteiger charge is -2.27. The van der Waals surface area contributed by atoms with Crippen LogP contribution in [0.4, 0.5) is 0 Å². The van der Waals surface area contributed by atoms with E-state index in [1.165, 1.54) is 6.08 Å². The number of rotatable bonds is 4. The van der Waals surface area contributed by atoms with E-state index in [2.05, 4.69) is 0 Å². The molecule has 0 saturated heterocycles. The molecule has 0 saturated carbocycles. The highest BCUT2D eigenvalue weighted by Gasteiger charge is 2.40.